The Kier molecular flexibility index (Phi) is 7.23. The van der Waals surface area contributed by atoms with Gasteiger partial charge in [0.2, 0.25) is 5.95 Å². The van der Waals surface area contributed by atoms with Gasteiger partial charge in [-0.25, -0.2) is 4.98 Å². The maximum absolute atomic E-state index is 4.52. The molecule has 19 heavy (non-hydrogen) atoms. The highest BCUT2D eigenvalue weighted by Gasteiger charge is 2.09. The standard InChI is InChI=1S/C15H28N4/c1-5-8-10-13(9-6-2)18-14-11-12(4)17-15(19-14)16-7-3/h11,13H,5-10H2,1-4H3,(H2,16,17,18,19). The van der Waals surface area contributed by atoms with Gasteiger partial charge in [0.25, 0.3) is 0 Å². The highest BCUT2D eigenvalue weighted by molar-refractivity contribution is 5.42. The molecule has 0 aliphatic heterocycles. The Morgan fingerprint density at radius 1 is 1.11 bits per heavy atom. The maximum atomic E-state index is 4.52. The van der Waals surface area contributed by atoms with Crippen molar-refractivity contribution in [3.63, 3.8) is 0 Å². The van der Waals surface area contributed by atoms with E-state index in [1.54, 1.807) is 0 Å². The van der Waals surface area contributed by atoms with Crippen molar-refractivity contribution in [2.75, 3.05) is 17.2 Å². The Balaban J connectivity index is 2.71. The Labute approximate surface area is 117 Å². The van der Waals surface area contributed by atoms with Crippen molar-refractivity contribution in [3.05, 3.63) is 11.8 Å². The van der Waals surface area contributed by atoms with Crippen molar-refractivity contribution in [2.24, 2.45) is 0 Å². The van der Waals surface area contributed by atoms with Gasteiger partial charge in [0, 0.05) is 24.3 Å². The van der Waals surface area contributed by atoms with Gasteiger partial charge >= 0.3 is 0 Å². The fourth-order valence-corrected chi connectivity index (χ4v) is 2.18. The number of aryl methyl sites for hydroxylation is 1. The number of aromatic nitrogens is 2. The van der Waals surface area contributed by atoms with Crippen LogP contribution in [0.2, 0.25) is 0 Å². The highest BCUT2D eigenvalue weighted by Crippen LogP contribution is 2.15. The van der Waals surface area contributed by atoms with Crippen LogP contribution in [0.4, 0.5) is 11.8 Å². The molecule has 0 fully saturated rings. The largest absolute Gasteiger partial charge is 0.367 e. The normalized spacial score (nSPS) is 12.2. The van der Waals surface area contributed by atoms with Gasteiger partial charge in [0.1, 0.15) is 5.82 Å². The summed E-state index contributed by atoms with van der Waals surface area (Å²) in [5.74, 6) is 1.66. The van der Waals surface area contributed by atoms with Crippen molar-refractivity contribution in [2.45, 2.75) is 65.8 Å². The molecular formula is C15H28N4. The van der Waals surface area contributed by atoms with E-state index in [0.717, 1.165) is 24.0 Å². The number of anilines is 2. The van der Waals surface area contributed by atoms with Gasteiger partial charge in [0.05, 0.1) is 0 Å². The number of hydrogen-bond acceptors (Lipinski definition) is 4. The zero-order chi connectivity index (χ0) is 14.1. The molecule has 1 aromatic heterocycles. The zero-order valence-corrected chi connectivity index (χ0v) is 12.8. The molecule has 0 aliphatic carbocycles. The molecular weight excluding hydrogens is 236 g/mol. The number of nitrogens with one attached hydrogen (secondary N) is 2. The van der Waals surface area contributed by atoms with Crippen LogP contribution in [-0.2, 0) is 0 Å². The lowest BCUT2D eigenvalue weighted by molar-refractivity contribution is 0.563. The van der Waals surface area contributed by atoms with Gasteiger partial charge in [-0.3, -0.25) is 0 Å². The smallest absolute Gasteiger partial charge is 0.224 e. The number of nitrogens with zero attached hydrogens (tertiary/aromatic N) is 2. The van der Waals surface area contributed by atoms with Crippen molar-refractivity contribution >= 4 is 11.8 Å². The third kappa shape index (κ3) is 5.90. The monoisotopic (exact) mass is 264 g/mol. The SMILES string of the molecule is CCCCC(CCC)Nc1cc(C)nc(NCC)n1. The summed E-state index contributed by atoms with van der Waals surface area (Å²) in [5.41, 5.74) is 0.999. The van der Waals surface area contributed by atoms with Crippen LogP contribution in [0.15, 0.2) is 6.07 Å². The van der Waals surface area contributed by atoms with Gasteiger partial charge in [-0.2, -0.15) is 4.98 Å². The molecule has 0 aromatic carbocycles. The molecule has 0 saturated heterocycles. The average molecular weight is 264 g/mol. The average Bonchev–Trinajstić information content (AvgIpc) is 2.36. The van der Waals surface area contributed by atoms with Crippen LogP contribution in [0.3, 0.4) is 0 Å². The van der Waals surface area contributed by atoms with E-state index in [2.05, 4.69) is 41.4 Å². The molecule has 0 radical (unpaired) electrons. The Morgan fingerprint density at radius 2 is 1.89 bits per heavy atom. The second kappa shape index (κ2) is 8.73. The Hall–Kier alpha value is -1.32. The topological polar surface area (TPSA) is 49.8 Å². The predicted octanol–water partition coefficient (Wildman–Crippen LogP) is 3.99. The molecule has 1 unspecified atom stereocenters. The zero-order valence-electron chi connectivity index (χ0n) is 12.8. The van der Waals surface area contributed by atoms with Crippen molar-refractivity contribution < 1.29 is 0 Å². The lowest BCUT2D eigenvalue weighted by Gasteiger charge is -2.19. The minimum atomic E-state index is 0.522. The summed E-state index contributed by atoms with van der Waals surface area (Å²) in [5, 5.41) is 6.74. The number of rotatable bonds is 9. The summed E-state index contributed by atoms with van der Waals surface area (Å²) >= 11 is 0. The first-order valence-electron chi connectivity index (χ1n) is 7.55. The van der Waals surface area contributed by atoms with Gasteiger partial charge in [-0.15, -0.1) is 0 Å². The van der Waals surface area contributed by atoms with Crippen LogP contribution >= 0.6 is 0 Å². The van der Waals surface area contributed by atoms with Crippen molar-refractivity contribution in [3.8, 4) is 0 Å². The molecule has 108 valence electrons. The van der Waals surface area contributed by atoms with E-state index in [1.807, 2.05) is 13.0 Å². The Morgan fingerprint density at radius 3 is 2.53 bits per heavy atom. The Bertz CT molecular complexity index is 365. The van der Waals surface area contributed by atoms with E-state index in [-0.39, 0.29) is 0 Å². The molecule has 0 spiro atoms. The van der Waals surface area contributed by atoms with Crippen LogP contribution in [0, 0.1) is 6.92 Å². The maximum Gasteiger partial charge on any atom is 0.224 e. The fraction of sp³-hybridized carbons (Fsp3) is 0.733. The summed E-state index contributed by atoms with van der Waals surface area (Å²) in [6, 6.07) is 2.55. The molecule has 1 aromatic rings. The van der Waals surface area contributed by atoms with Gasteiger partial charge < -0.3 is 10.6 Å². The molecule has 0 amide bonds. The summed E-state index contributed by atoms with van der Waals surface area (Å²) in [6.45, 7) is 9.38. The van der Waals surface area contributed by atoms with Crippen LogP contribution in [0.1, 0.15) is 58.6 Å². The van der Waals surface area contributed by atoms with Crippen molar-refractivity contribution in [1.82, 2.24) is 9.97 Å². The summed E-state index contributed by atoms with van der Waals surface area (Å²) < 4.78 is 0. The first kappa shape index (κ1) is 15.7. The van der Waals surface area contributed by atoms with Gasteiger partial charge in [-0.05, 0) is 26.7 Å². The van der Waals surface area contributed by atoms with E-state index in [4.69, 9.17) is 0 Å². The molecule has 2 N–H and O–H groups in total. The lowest BCUT2D eigenvalue weighted by Crippen LogP contribution is -2.20. The minimum absolute atomic E-state index is 0.522. The van der Waals surface area contributed by atoms with Crippen LogP contribution < -0.4 is 10.6 Å². The molecule has 4 heteroatoms. The molecule has 4 nitrogen and oxygen atoms in total. The number of hydrogen-bond donors (Lipinski definition) is 2. The van der Waals surface area contributed by atoms with Crippen molar-refractivity contribution in [1.29, 1.82) is 0 Å². The molecule has 0 saturated carbocycles. The first-order valence-corrected chi connectivity index (χ1v) is 7.55. The molecule has 1 heterocycles. The van der Waals surface area contributed by atoms with Crippen LogP contribution in [-0.4, -0.2) is 22.6 Å². The number of unbranched alkanes of at least 4 members (excludes halogenated alkanes) is 1. The predicted molar refractivity (Wildman–Crippen MR) is 82.8 cm³/mol. The second-order valence-electron chi connectivity index (χ2n) is 5.02. The second-order valence-corrected chi connectivity index (χ2v) is 5.02. The lowest BCUT2D eigenvalue weighted by atomic mass is 10.1. The first-order chi connectivity index (χ1) is 9.19. The van der Waals surface area contributed by atoms with E-state index in [0.29, 0.717) is 6.04 Å². The fourth-order valence-electron chi connectivity index (χ4n) is 2.18. The molecule has 0 aliphatic rings. The summed E-state index contributed by atoms with van der Waals surface area (Å²) in [7, 11) is 0. The van der Waals surface area contributed by atoms with Gasteiger partial charge in [0.15, 0.2) is 0 Å². The minimum Gasteiger partial charge on any atom is -0.367 e. The summed E-state index contributed by atoms with van der Waals surface area (Å²) in [6.07, 6.45) is 6.12. The van der Waals surface area contributed by atoms with E-state index < -0.39 is 0 Å². The highest BCUT2D eigenvalue weighted by atomic mass is 15.1. The van der Waals surface area contributed by atoms with E-state index in [1.165, 1.54) is 32.1 Å². The van der Waals surface area contributed by atoms with E-state index in [9.17, 15) is 0 Å². The van der Waals surface area contributed by atoms with Crippen LogP contribution in [0.5, 0.6) is 0 Å². The van der Waals surface area contributed by atoms with Crippen LogP contribution in [0.25, 0.3) is 0 Å². The molecule has 1 atom stereocenters. The van der Waals surface area contributed by atoms with Gasteiger partial charge in [-0.1, -0.05) is 33.1 Å². The third-order valence-corrected chi connectivity index (χ3v) is 3.08. The molecule has 0 bridgehead atoms. The molecule has 1 rings (SSSR count). The quantitative estimate of drug-likeness (QED) is 0.708. The third-order valence-electron chi connectivity index (χ3n) is 3.08. The summed E-state index contributed by atoms with van der Waals surface area (Å²) in [4.78, 5) is 8.90. The van der Waals surface area contributed by atoms with E-state index >= 15 is 0 Å².